The summed E-state index contributed by atoms with van der Waals surface area (Å²) in [5.41, 5.74) is 1.06. The molecule has 1 aromatic heterocycles. The molecule has 1 aromatic carbocycles. The lowest BCUT2D eigenvalue weighted by Gasteiger charge is -2.30. The molecule has 0 bridgehead atoms. The van der Waals surface area contributed by atoms with E-state index in [1.807, 2.05) is 0 Å². The molecule has 2 heterocycles. The van der Waals surface area contributed by atoms with Gasteiger partial charge >= 0.3 is 0 Å². The first-order valence-electron chi connectivity index (χ1n) is 11.2. The molecule has 2 amide bonds. The zero-order chi connectivity index (χ0) is 22.7. The van der Waals surface area contributed by atoms with Gasteiger partial charge in [-0.15, -0.1) is 11.3 Å². The lowest BCUT2D eigenvalue weighted by Crippen LogP contribution is -2.44. The number of benzene rings is 1. The number of fused-ring (bicyclic) bond motifs is 1. The number of halogens is 1. The summed E-state index contributed by atoms with van der Waals surface area (Å²) in [5, 5.41) is 4.01. The molecule has 1 atom stereocenters. The van der Waals surface area contributed by atoms with Crippen molar-refractivity contribution in [2.45, 2.75) is 69.9 Å². The van der Waals surface area contributed by atoms with Crippen LogP contribution in [0.25, 0.3) is 0 Å². The smallest absolute Gasteiger partial charge is 0.222 e. The number of aryl methyl sites for hydroxylation is 2. The highest BCUT2D eigenvalue weighted by atomic mass is 32.1. The van der Waals surface area contributed by atoms with E-state index in [0.29, 0.717) is 43.5 Å². The number of nitrogens with zero attached hydrogens (tertiary/aromatic N) is 2. The molecule has 1 fully saturated rings. The average Bonchev–Trinajstić information content (AvgIpc) is 3.36. The van der Waals surface area contributed by atoms with E-state index in [1.54, 1.807) is 35.4 Å². The van der Waals surface area contributed by atoms with E-state index in [0.717, 1.165) is 17.8 Å². The van der Waals surface area contributed by atoms with Crippen LogP contribution < -0.4 is 10.1 Å². The molecule has 2 aromatic rings. The van der Waals surface area contributed by atoms with Crippen molar-refractivity contribution in [1.82, 2.24) is 15.2 Å². The molecule has 32 heavy (non-hydrogen) atoms. The van der Waals surface area contributed by atoms with Gasteiger partial charge in [0.2, 0.25) is 11.8 Å². The van der Waals surface area contributed by atoms with Crippen molar-refractivity contribution < 1.29 is 18.7 Å². The number of hydrogen-bond donors (Lipinski definition) is 1. The third kappa shape index (κ3) is 5.11. The van der Waals surface area contributed by atoms with Crippen LogP contribution in [0, 0.1) is 5.82 Å². The number of methoxy groups -OCH3 is 1. The fraction of sp³-hybridized carbons (Fsp3) is 0.542. The maximum Gasteiger partial charge on any atom is 0.222 e. The first kappa shape index (κ1) is 22.7. The van der Waals surface area contributed by atoms with Gasteiger partial charge < -0.3 is 15.0 Å². The average molecular weight is 460 g/mol. The van der Waals surface area contributed by atoms with E-state index < -0.39 is 5.54 Å². The molecule has 1 unspecified atom stereocenters. The second-order valence-electron chi connectivity index (χ2n) is 8.90. The maximum atomic E-state index is 14.4. The molecule has 1 saturated heterocycles. The number of rotatable bonds is 8. The lowest BCUT2D eigenvalue weighted by atomic mass is 9.84. The van der Waals surface area contributed by atoms with Crippen molar-refractivity contribution in [1.29, 1.82) is 0 Å². The summed E-state index contributed by atoms with van der Waals surface area (Å²) < 4.78 is 19.7. The van der Waals surface area contributed by atoms with E-state index in [1.165, 1.54) is 36.6 Å². The third-order valence-electron chi connectivity index (χ3n) is 6.52. The standard InChI is InChI=1S/C24H30FN3O3S/c1-28(15-22-26-19-5-3-4-6-20(19)32-22)23(30)10-12-24(11-9-21(29)27-24)14-16-13-17(31-2)7-8-18(16)25/h7-8,13H,3-6,9-12,14-15H2,1-2H3,(H,27,29). The Bertz CT molecular complexity index is 985. The monoisotopic (exact) mass is 459 g/mol. The second-order valence-corrected chi connectivity index (χ2v) is 10.1. The van der Waals surface area contributed by atoms with Gasteiger partial charge in [0.15, 0.2) is 0 Å². The van der Waals surface area contributed by atoms with Crippen molar-refractivity contribution in [3.63, 3.8) is 0 Å². The van der Waals surface area contributed by atoms with Crippen LogP contribution in [-0.2, 0) is 35.4 Å². The number of nitrogens with one attached hydrogen (secondary N) is 1. The fourth-order valence-electron chi connectivity index (χ4n) is 4.66. The second kappa shape index (κ2) is 9.57. The maximum absolute atomic E-state index is 14.4. The van der Waals surface area contributed by atoms with Crippen LogP contribution in [0.15, 0.2) is 18.2 Å². The van der Waals surface area contributed by atoms with Gasteiger partial charge in [-0.2, -0.15) is 0 Å². The summed E-state index contributed by atoms with van der Waals surface area (Å²) in [5.74, 6) is 0.192. The normalized spacial score (nSPS) is 20.0. The van der Waals surface area contributed by atoms with Crippen molar-refractivity contribution in [2.24, 2.45) is 0 Å². The minimum atomic E-state index is -0.624. The van der Waals surface area contributed by atoms with Crippen molar-refractivity contribution >= 4 is 23.2 Å². The number of carbonyl (C=O) groups excluding carboxylic acids is 2. The number of carbonyl (C=O) groups is 2. The summed E-state index contributed by atoms with van der Waals surface area (Å²) in [6.45, 7) is 0.500. The van der Waals surface area contributed by atoms with Crippen molar-refractivity contribution in [3.05, 3.63) is 45.2 Å². The van der Waals surface area contributed by atoms with Gasteiger partial charge in [-0.25, -0.2) is 9.37 Å². The van der Waals surface area contributed by atoms with Crippen LogP contribution in [0.3, 0.4) is 0 Å². The van der Waals surface area contributed by atoms with Gasteiger partial charge in [0, 0.05) is 30.3 Å². The van der Waals surface area contributed by atoms with Crippen molar-refractivity contribution in [2.75, 3.05) is 14.2 Å². The molecule has 8 heteroatoms. The quantitative estimate of drug-likeness (QED) is 0.652. The predicted molar refractivity (Wildman–Crippen MR) is 121 cm³/mol. The van der Waals surface area contributed by atoms with E-state index >= 15 is 0 Å². The Morgan fingerprint density at radius 2 is 2.12 bits per heavy atom. The Labute approximate surface area is 192 Å². The van der Waals surface area contributed by atoms with Gasteiger partial charge in [-0.1, -0.05) is 0 Å². The zero-order valence-corrected chi connectivity index (χ0v) is 19.5. The van der Waals surface area contributed by atoms with Crippen LogP contribution in [0.2, 0.25) is 0 Å². The first-order valence-corrected chi connectivity index (χ1v) is 12.0. The van der Waals surface area contributed by atoms with Gasteiger partial charge in [0.25, 0.3) is 0 Å². The van der Waals surface area contributed by atoms with Crippen LogP contribution in [-0.4, -0.2) is 41.4 Å². The van der Waals surface area contributed by atoms with Crippen molar-refractivity contribution in [3.8, 4) is 5.75 Å². The fourth-order valence-corrected chi connectivity index (χ4v) is 5.87. The van der Waals surface area contributed by atoms with Gasteiger partial charge in [0.05, 0.1) is 19.3 Å². The highest BCUT2D eigenvalue weighted by Crippen LogP contribution is 2.32. The Kier molecular flexibility index (Phi) is 6.79. The SMILES string of the molecule is COc1ccc(F)c(CC2(CCC(=O)N(C)Cc3nc4c(s3)CCCC4)CCC(=O)N2)c1. The molecule has 2 aliphatic rings. The van der Waals surface area contributed by atoms with Crippen LogP contribution in [0.1, 0.15) is 59.7 Å². The molecule has 1 aliphatic heterocycles. The highest BCUT2D eigenvalue weighted by molar-refractivity contribution is 7.11. The minimum absolute atomic E-state index is 0.00445. The Hall–Kier alpha value is -2.48. The Morgan fingerprint density at radius 3 is 2.84 bits per heavy atom. The number of thiazole rings is 1. The summed E-state index contributed by atoms with van der Waals surface area (Å²) in [7, 11) is 3.34. The molecule has 1 aliphatic carbocycles. The number of aromatic nitrogens is 1. The van der Waals surface area contributed by atoms with E-state index in [4.69, 9.17) is 9.72 Å². The molecule has 0 spiro atoms. The summed E-state index contributed by atoms with van der Waals surface area (Å²) in [4.78, 5) is 32.7. The minimum Gasteiger partial charge on any atom is -0.497 e. The van der Waals surface area contributed by atoms with E-state index in [9.17, 15) is 14.0 Å². The molecule has 4 rings (SSSR count). The van der Waals surface area contributed by atoms with E-state index in [-0.39, 0.29) is 24.1 Å². The molecule has 0 saturated carbocycles. The Balaban J connectivity index is 1.40. The van der Waals surface area contributed by atoms with E-state index in [2.05, 4.69) is 5.32 Å². The molecule has 6 nitrogen and oxygen atoms in total. The lowest BCUT2D eigenvalue weighted by molar-refractivity contribution is -0.131. The highest BCUT2D eigenvalue weighted by Gasteiger charge is 2.38. The molecule has 172 valence electrons. The third-order valence-corrected chi connectivity index (χ3v) is 7.66. The predicted octanol–water partition coefficient (Wildman–Crippen LogP) is 3.80. The number of amides is 2. The zero-order valence-electron chi connectivity index (χ0n) is 18.7. The Morgan fingerprint density at radius 1 is 1.31 bits per heavy atom. The van der Waals surface area contributed by atoms with Gasteiger partial charge in [-0.3, -0.25) is 9.59 Å². The van der Waals surface area contributed by atoms with Crippen LogP contribution in [0.4, 0.5) is 4.39 Å². The molecular weight excluding hydrogens is 429 g/mol. The summed E-state index contributed by atoms with van der Waals surface area (Å²) >= 11 is 1.72. The topological polar surface area (TPSA) is 71.5 Å². The van der Waals surface area contributed by atoms with Gasteiger partial charge in [0.1, 0.15) is 16.6 Å². The van der Waals surface area contributed by atoms with Crippen LogP contribution >= 0.6 is 11.3 Å². The molecular formula is C24H30FN3O3S. The largest absolute Gasteiger partial charge is 0.497 e. The van der Waals surface area contributed by atoms with Crippen LogP contribution in [0.5, 0.6) is 5.75 Å². The number of hydrogen-bond acceptors (Lipinski definition) is 5. The van der Waals surface area contributed by atoms with Gasteiger partial charge in [-0.05, 0) is 68.7 Å². The summed E-state index contributed by atoms with van der Waals surface area (Å²) in [6, 6.07) is 4.62. The number of ether oxygens (including phenoxy) is 1. The molecule has 0 radical (unpaired) electrons. The molecule has 1 N–H and O–H groups in total. The first-order chi connectivity index (χ1) is 15.4. The summed E-state index contributed by atoms with van der Waals surface area (Å²) in [6.07, 6.45) is 6.58.